The van der Waals surface area contributed by atoms with Crippen molar-refractivity contribution in [3.05, 3.63) is 39.9 Å². The summed E-state index contributed by atoms with van der Waals surface area (Å²) in [6.45, 7) is 0.666. The van der Waals surface area contributed by atoms with E-state index in [4.69, 9.17) is 12.2 Å². The highest BCUT2D eigenvalue weighted by atomic mass is 32.1. The summed E-state index contributed by atoms with van der Waals surface area (Å²) in [5.74, 6) is -0.198. The highest BCUT2D eigenvalue weighted by molar-refractivity contribution is 7.80. The summed E-state index contributed by atoms with van der Waals surface area (Å²) < 4.78 is 4.56. The second-order valence-corrected chi connectivity index (χ2v) is 5.27. The summed E-state index contributed by atoms with van der Waals surface area (Å²) >= 11 is 5.06. The number of hydrazone groups is 1. The summed E-state index contributed by atoms with van der Waals surface area (Å²) in [6.07, 6.45) is 4.42. The number of nitro benzene ring substituents is 1. The number of non-ortho nitro benzene ring substituents is 1. The second-order valence-electron chi connectivity index (χ2n) is 4.86. The van der Waals surface area contributed by atoms with Crippen molar-refractivity contribution in [1.29, 1.82) is 0 Å². The Kier molecular flexibility index (Phi) is 8.98. The minimum atomic E-state index is -0.461. The highest BCUT2D eigenvalue weighted by Gasteiger charge is 2.04. The zero-order chi connectivity index (χ0) is 17.8. The van der Waals surface area contributed by atoms with Crippen molar-refractivity contribution >= 4 is 35.2 Å². The third-order valence-corrected chi connectivity index (χ3v) is 3.27. The van der Waals surface area contributed by atoms with Crippen LogP contribution in [0.5, 0.6) is 0 Å². The molecular formula is C15H20N4O4S. The van der Waals surface area contributed by atoms with Crippen LogP contribution in [-0.4, -0.2) is 35.9 Å². The van der Waals surface area contributed by atoms with E-state index in [1.165, 1.54) is 25.5 Å². The minimum absolute atomic E-state index is 0.00612. The fraction of sp³-hybridized carbons (Fsp3) is 0.400. The summed E-state index contributed by atoms with van der Waals surface area (Å²) in [6, 6.07) is 6.13. The van der Waals surface area contributed by atoms with E-state index in [1.54, 1.807) is 12.1 Å². The van der Waals surface area contributed by atoms with Crippen LogP contribution in [0.3, 0.4) is 0 Å². The summed E-state index contributed by atoms with van der Waals surface area (Å²) in [7, 11) is 1.38. The van der Waals surface area contributed by atoms with Crippen LogP contribution in [0, 0.1) is 10.1 Å². The molecule has 0 aliphatic rings. The molecule has 0 unspecified atom stereocenters. The number of nitro groups is 1. The van der Waals surface area contributed by atoms with Crippen LogP contribution in [0.15, 0.2) is 29.4 Å². The van der Waals surface area contributed by atoms with Gasteiger partial charge in [-0.05, 0) is 25.1 Å². The maximum Gasteiger partial charge on any atom is 0.305 e. The molecule has 24 heavy (non-hydrogen) atoms. The fourth-order valence-electron chi connectivity index (χ4n) is 1.80. The number of nitrogens with one attached hydrogen (secondary N) is 2. The lowest BCUT2D eigenvalue weighted by Gasteiger charge is -2.06. The van der Waals surface area contributed by atoms with Gasteiger partial charge in [0.25, 0.3) is 5.69 Å². The molecule has 0 heterocycles. The average Bonchev–Trinajstić information content (AvgIpc) is 2.57. The molecule has 0 aliphatic carbocycles. The first-order valence-electron chi connectivity index (χ1n) is 7.41. The van der Waals surface area contributed by atoms with Gasteiger partial charge in [0, 0.05) is 30.7 Å². The highest BCUT2D eigenvalue weighted by Crippen LogP contribution is 2.11. The van der Waals surface area contributed by atoms with Gasteiger partial charge in [-0.15, -0.1) is 0 Å². The van der Waals surface area contributed by atoms with Gasteiger partial charge in [-0.25, -0.2) is 0 Å². The number of benzene rings is 1. The number of rotatable bonds is 9. The van der Waals surface area contributed by atoms with Gasteiger partial charge in [-0.2, -0.15) is 5.10 Å². The first-order valence-corrected chi connectivity index (χ1v) is 7.82. The van der Waals surface area contributed by atoms with Crippen molar-refractivity contribution in [2.24, 2.45) is 5.10 Å². The van der Waals surface area contributed by atoms with E-state index in [9.17, 15) is 14.9 Å². The van der Waals surface area contributed by atoms with E-state index >= 15 is 0 Å². The Balaban J connectivity index is 2.20. The Morgan fingerprint density at radius 1 is 1.42 bits per heavy atom. The lowest BCUT2D eigenvalue weighted by atomic mass is 10.2. The number of carbonyl (C=O) groups is 1. The van der Waals surface area contributed by atoms with Crippen LogP contribution in [0.2, 0.25) is 0 Å². The van der Waals surface area contributed by atoms with Crippen molar-refractivity contribution < 1.29 is 14.5 Å². The molecule has 9 heteroatoms. The zero-order valence-electron chi connectivity index (χ0n) is 13.4. The zero-order valence-corrected chi connectivity index (χ0v) is 14.2. The smallest absolute Gasteiger partial charge is 0.305 e. The van der Waals surface area contributed by atoms with Gasteiger partial charge < -0.3 is 10.1 Å². The summed E-state index contributed by atoms with van der Waals surface area (Å²) in [5.41, 5.74) is 3.25. The molecule has 1 rings (SSSR count). The maximum atomic E-state index is 10.9. The predicted octanol–water partition coefficient (Wildman–Crippen LogP) is 2.13. The predicted molar refractivity (Wildman–Crippen MR) is 94.9 cm³/mol. The molecule has 0 radical (unpaired) electrons. The molecule has 1 aromatic carbocycles. The monoisotopic (exact) mass is 352 g/mol. The van der Waals surface area contributed by atoms with Gasteiger partial charge in [0.1, 0.15) is 0 Å². The lowest BCUT2D eigenvalue weighted by molar-refractivity contribution is -0.384. The van der Waals surface area contributed by atoms with Crippen molar-refractivity contribution in [2.45, 2.75) is 25.7 Å². The molecule has 0 saturated heterocycles. The minimum Gasteiger partial charge on any atom is -0.469 e. The Bertz CT molecular complexity index is 607. The quantitative estimate of drug-likeness (QED) is 0.175. The van der Waals surface area contributed by atoms with Crippen LogP contribution in [0.25, 0.3) is 0 Å². The molecule has 2 N–H and O–H groups in total. The van der Waals surface area contributed by atoms with E-state index in [1.807, 2.05) is 0 Å². The molecule has 0 amide bonds. The van der Waals surface area contributed by atoms with Gasteiger partial charge in [-0.1, -0.05) is 18.6 Å². The Morgan fingerprint density at radius 2 is 2.21 bits per heavy atom. The average molecular weight is 352 g/mol. The van der Waals surface area contributed by atoms with Crippen LogP contribution in [0.1, 0.15) is 31.2 Å². The van der Waals surface area contributed by atoms with Crippen LogP contribution >= 0.6 is 12.2 Å². The maximum absolute atomic E-state index is 10.9. The third kappa shape index (κ3) is 8.18. The van der Waals surface area contributed by atoms with Crippen molar-refractivity contribution in [3.63, 3.8) is 0 Å². The molecule has 8 nitrogen and oxygen atoms in total. The molecule has 130 valence electrons. The molecule has 0 bridgehead atoms. The van der Waals surface area contributed by atoms with Crippen LogP contribution in [-0.2, 0) is 9.53 Å². The normalized spacial score (nSPS) is 10.4. The Morgan fingerprint density at radius 3 is 2.92 bits per heavy atom. The first-order chi connectivity index (χ1) is 11.5. The second kappa shape index (κ2) is 11.1. The van der Waals surface area contributed by atoms with Gasteiger partial charge in [0.2, 0.25) is 0 Å². The van der Waals surface area contributed by atoms with E-state index in [0.29, 0.717) is 23.6 Å². The number of methoxy groups -OCH3 is 1. The Hall–Kier alpha value is -2.55. The lowest BCUT2D eigenvalue weighted by Crippen LogP contribution is -2.32. The van der Waals surface area contributed by atoms with Crippen LogP contribution < -0.4 is 10.7 Å². The largest absolute Gasteiger partial charge is 0.469 e. The molecule has 0 saturated carbocycles. The van der Waals surface area contributed by atoms with E-state index in [0.717, 1.165) is 19.3 Å². The summed E-state index contributed by atoms with van der Waals surface area (Å²) in [5, 5.41) is 17.9. The first kappa shape index (κ1) is 19.5. The molecule has 0 fully saturated rings. The molecule has 0 aliphatic heterocycles. The number of nitrogens with zero attached hydrogens (tertiary/aromatic N) is 2. The van der Waals surface area contributed by atoms with Gasteiger partial charge in [-0.3, -0.25) is 20.3 Å². The molecule has 0 spiro atoms. The van der Waals surface area contributed by atoms with E-state index in [-0.39, 0.29) is 11.7 Å². The molecule has 0 atom stereocenters. The number of ether oxygens (including phenoxy) is 1. The van der Waals surface area contributed by atoms with Crippen molar-refractivity contribution in [3.8, 4) is 0 Å². The number of carbonyl (C=O) groups excluding carboxylic acids is 1. The number of thiocarbonyl (C=S) groups is 1. The van der Waals surface area contributed by atoms with Gasteiger partial charge in [0.05, 0.1) is 18.2 Å². The van der Waals surface area contributed by atoms with Gasteiger partial charge >= 0.3 is 5.97 Å². The van der Waals surface area contributed by atoms with E-state index < -0.39 is 4.92 Å². The topological polar surface area (TPSA) is 106 Å². The molecule has 0 aromatic heterocycles. The summed E-state index contributed by atoms with van der Waals surface area (Å²) in [4.78, 5) is 21.1. The Labute approximate surface area is 145 Å². The van der Waals surface area contributed by atoms with Gasteiger partial charge in [0.15, 0.2) is 5.11 Å². The molecule has 1 aromatic rings. The number of hydrogen-bond acceptors (Lipinski definition) is 6. The number of unbranched alkanes of at least 4 members (excludes halogenated alkanes) is 2. The fourth-order valence-corrected chi connectivity index (χ4v) is 1.95. The number of esters is 1. The van der Waals surface area contributed by atoms with E-state index in [2.05, 4.69) is 20.6 Å². The SMILES string of the molecule is COC(=O)CCCCCNC(=S)N/N=C\c1cccc([N+](=O)[O-])c1. The van der Waals surface area contributed by atoms with Crippen molar-refractivity contribution in [2.75, 3.05) is 13.7 Å². The third-order valence-electron chi connectivity index (χ3n) is 3.03. The van der Waals surface area contributed by atoms with Crippen LogP contribution in [0.4, 0.5) is 5.69 Å². The van der Waals surface area contributed by atoms with Crippen molar-refractivity contribution in [1.82, 2.24) is 10.7 Å². The number of hydrogen-bond donors (Lipinski definition) is 2. The molecular weight excluding hydrogens is 332 g/mol. The standard InChI is InChI=1S/C15H20N4O4S/c1-23-14(20)8-3-2-4-9-16-15(24)18-17-11-12-6-5-7-13(10-12)19(21)22/h5-7,10-11H,2-4,8-9H2,1H3,(H2,16,18,24)/b17-11-.